The molecule has 2 amide bonds. The molecule has 0 radical (unpaired) electrons. The summed E-state index contributed by atoms with van der Waals surface area (Å²) in [6.07, 6.45) is 2.65. The second kappa shape index (κ2) is 8.31. The molecule has 3 aromatic rings. The van der Waals surface area contributed by atoms with E-state index in [-0.39, 0.29) is 11.8 Å². The van der Waals surface area contributed by atoms with Crippen molar-refractivity contribution in [3.8, 4) is 0 Å². The minimum Gasteiger partial charge on any atom is -0.340 e. The van der Waals surface area contributed by atoms with E-state index in [1.807, 2.05) is 36.4 Å². The highest BCUT2D eigenvalue weighted by Crippen LogP contribution is 2.42. The van der Waals surface area contributed by atoms with Gasteiger partial charge in [-0.25, -0.2) is 0 Å². The lowest BCUT2D eigenvalue weighted by atomic mass is 10.0. The zero-order valence-corrected chi connectivity index (χ0v) is 16.0. The molecule has 0 saturated heterocycles. The van der Waals surface area contributed by atoms with Gasteiger partial charge in [0.2, 0.25) is 11.0 Å². The second-order valence-corrected chi connectivity index (χ2v) is 7.80. The molecule has 1 aromatic heterocycles. The van der Waals surface area contributed by atoms with Gasteiger partial charge in [-0.15, -0.1) is 10.2 Å². The van der Waals surface area contributed by atoms with Gasteiger partial charge in [0.15, 0.2) is 0 Å². The zero-order chi connectivity index (χ0) is 19.3. The molecular formula is C21H20N4O2S. The fourth-order valence-electron chi connectivity index (χ4n) is 2.86. The lowest BCUT2D eigenvalue weighted by molar-refractivity contribution is -0.118. The lowest BCUT2D eigenvalue weighted by Gasteiger charge is -2.18. The largest absolute Gasteiger partial charge is 0.340 e. The first-order chi connectivity index (χ1) is 13.7. The summed E-state index contributed by atoms with van der Waals surface area (Å²) in [5.41, 5.74) is 1.48. The maximum atomic E-state index is 12.9. The van der Waals surface area contributed by atoms with Crippen molar-refractivity contribution in [1.82, 2.24) is 15.5 Å². The molecule has 1 heterocycles. The van der Waals surface area contributed by atoms with E-state index in [9.17, 15) is 9.59 Å². The lowest BCUT2D eigenvalue weighted by Crippen LogP contribution is -2.45. The van der Waals surface area contributed by atoms with Crippen LogP contribution in [-0.4, -0.2) is 28.1 Å². The topological polar surface area (TPSA) is 84.0 Å². The number of nitrogens with zero attached hydrogens (tertiary/aromatic N) is 2. The van der Waals surface area contributed by atoms with Crippen LogP contribution in [0.5, 0.6) is 0 Å². The van der Waals surface area contributed by atoms with Gasteiger partial charge in [0.05, 0.1) is 0 Å². The predicted molar refractivity (Wildman–Crippen MR) is 108 cm³/mol. The summed E-state index contributed by atoms with van der Waals surface area (Å²) >= 11 is 1.40. The Hall–Kier alpha value is -3.06. The summed E-state index contributed by atoms with van der Waals surface area (Å²) in [6.45, 7) is 0. The minimum absolute atomic E-state index is 0.285. The standard InChI is InChI=1S/C21H20N4O2S/c26-18(15-9-5-2-6-10-15)22-17(13-14-7-3-1-4-8-14)19(27)23-21-25-24-20(28-21)16-11-12-16/h1-10,16-17H,11-13H2,(H,22,26)(H,23,25,27). The number of nitrogens with one attached hydrogen (secondary N) is 2. The Balaban J connectivity index is 1.49. The average Bonchev–Trinajstić information content (AvgIpc) is 3.48. The van der Waals surface area contributed by atoms with E-state index < -0.39 is 6.04 Å². The molecule has 1 fully saturated rings. The highest BCUT2D eigenvalue weighted by atomic mass is 32.1. The van der Waals surface area contributed by atoms with Gasteiger partial charge in [0.25, 0.3) is 5.91 Å². The van der Waals surface area contributed by atoms with Crippen LogP contribution in [0.15, 0.2) is 60.7 Å². The van der Waals surface area contributed by atoms with Crippen LogP contribution in [0.4, 0.5) is 5.13 Å². The van der Waals surface area contributed by atoms with Crippen LogP contribution in [0, 0.1) is 0 Å². The molecule has 142 valence electrons. The first-order valence-corrected chi connectivity index (χ1v) is 10.0. The van der Waals surface area contributed by atoms with Gasteiger partial charge in [-0.2, -0.15) is 0 Å². The van der Waals surface area contributed by atoms with Gasteiger partial charge < -0.3 is 5.32 Å². The van der Waals surface area contributed by atoms with E-state index in [0.717, 1.165) is 23.4 Å². The van der Waals surface area contributed by atoms with Crippen molar-refractivity contribution in [2.24, 2.45) is 0 Å². The maximum absolute atomic E-state index is 12.9. The van der Waals surface area contributed by atoms with Gasteiger partial charge >= 0.3 is 0 Å². The third kappa shape index (κ3) is 4.61. The number of benzene rings is 2. The Kier molecular flexibility index (Phi) is 5.43. The molecule has 1 saturated carbocycles. The van der Waals surface area contributed by atoms with E-state index in [1.165, 1.54) is 11.3 Å². The molecule has 0 spiro atoms. The molecule has 2 aromatic carbocycles. The average molecular weight is 392 g/mol. The molecule has 2 N–H and O–H groups in total. The Morgan fingerprint density at radius 2 is 1.68 bits per heavy atom. The number of anilines is 1. The molecule has 1 aliphatic rings. The molecule has 1 aliphatic carbocycles. The Labute approximate surface area is 167 Å². The second-order valence-electron chi connectivity index (χ2n) is 6.79. The first kappa shape index (κ1) is 18.3. The molecule has 0 bridgehead atoms. The predicted octanol–water partition coefficient (Wildman–Crippen LogP) is 3.40. The number of hydrogen-bond donors (Lipinski definition) is 2. The number of carbonyl (C=O) groups is 2. The Bertz CT molecular complexity index is 955. The monoisotopic (exact) mass is 392 g/mol. The Morgan fingerprint density at radius 1 is 1.00 bits per heavy atom. The summed E-state index contributed by atoms with van der Waals surface area (Å²) in [4.78, 5) is 25.5. The summed E-state index contributed by atoms with van der Waals surface area (Å²) < 4.78 is 0. The van der Waals surface area contributed by atoms with Gasteiger partial charge in [-0.1, -0.05) is 59.9 Å². The van der Waals surface area contributed by atoms with Crippen molar-refractivity contribution < 1.29 is 9.59 Å². The first-order valence-electron chi connectivity index (χ1n) is 9.23. The minimum atomic E-state index is -0.719. The van der Waals surface area contributed by atoms with Crippen LogP contribution in [0.1, 0.15) is 39.7 Å². The molecule has 1 unspecified atom stereocenters. The summed E-state index contributed by atoms with van der Waals surface area (Å²) in [5.74, 6) is -0.0969. The van der Waals surface area contributed by atoms with Crippen molar-refractivity contribution >= 4 is 28.3 Å². The number of amides is 2. The summed E-state index contributed by atoms with van der Waals surface area (Å²) in [5, 5.41) is 15.3. The fourth-order valence-corrected chi connectivity index (χ4v) is 3.78. The fraction of sp³-hybridized carbons (Fsp3) is 0.238. The third-order valence-electron chi connectivity index (χ3n) is 4.54. The van der Waals surface area contributed by atoms with Crippen LogP contribution >= 0.6 is 11.3 Å². The van der Waals surface area contributed by atoms with Gasteiger partial charge in [-0.3, -0.25) is 14.9 Å². The van der Waals surface area contributed by atoms with E-state index in [1.54, 1.807) is 24.3 Å². The van der Waals surface area contributed by atoms with Gasteiger partial charge in [-0.05, 0) is 30.5 Å². The third-order valence-corrected chi connectivity index (χ3v) is 5.54. The number of rotatable bonds is 7. The molecular weight excluding hydrogens is 372 g/mol. The highest BCUT2D eigenvalue weighted by Gasteiger charge is 2.28. The Morgan fingerprint density at radius 3 is 2.36 bits per heavy atom. The summed E-state index contributed by atoms with van der Waals surface area (Å²) in [7, 11) is 0. The number of hydrogen-bond acceptors (Lipinski definition) is 5. The van der Waals surface area contributed by atoms with Crippen molar-refractivity contribution in [3.05, 3.63) is 76.8 Å². The van der Waals surface area contributed by atoms with Crippen LogP contribution in [0.2, 0.25) is 0 Å². The van der Waals surface area contributed by atoms with E-state index in [0.29, 0.717) is 23.0 Å². The van der Waals surface area contributed by atoms with Crippen molar-refractivity contribution in [2.75, 3.05) is 5.32 Å². The number of aromatic nitrogens is 2. The maximum Gasteiger partial charge on any atom is 0.251 e. The van der Waals surface area contributed by atoms with E-state index in [4.69, 9.17) is 0 Å². The van der Waals surface area contributed by atoms with Crippen molar-refractivity contribution in [1.29, 1.82) is 0 Å². The van der Waals surface area contributed by atoms with Crippen LogP contribution in [0.3, 0.4) is 0 Å². The number of carbonyl (C=O) groups excluding carboxylic acids is 2. The molecule has 7 heteroatoms. The van der Waals surface area contributed by atoms with Crippen molar-refractivity contribution in [3.63, 3.8) is 0 Å². The van der Waals surface area contributed by atoms with Crippen LogP contribution < -0.4 is 10.6 Å². The molecule has 4 rings (SSSR count). The van der Waals surface area contributed by atoms with Crippen LogP contribution in [-0.2, 0) is 11.2 Å². The highest BCUT2D eigenvalue weighted by molar-refractivity contribution is 7.15. The summed E-state index contributed by atoms with van der Waals surface area (Å²) in [6, 6.07) is 17.8. The molecule has 6 nitrogen and oxygen atoms in total. The smallest absolute Gasteiger partial charge is 0.251 e. The molecule has 0 aliphatic heterocycles. The normalized spacial score (nSPS) is 14.3. The molecule has 1 atom stereocenters. The van der Waals surface area contributed by atoms with E-state index in [2.05, 4.69) is 20.8 Å². The van der Waals surface area contributed by atoms with Gasteiger partial charge in [0.1, 0.15) is 11.0 Å². The van der Waals surface area contributed by atoms with Gasteiger partial charge in [0, 0.05) is 17.9 Å². The SMILES string of the molecule is O=C(NC(Cc1ccccc1)C(=O)Nc1nnc(C2CC2)s1)c1ccccc1. The quantitative estimate of drug-likeness (QED) is 0.645. The zero-order valence-electron chi connectivity index (χ0n) is 15.2. The van der Waals surface area contributed by atoms with E-state index >= 15 is 0 Å². The molecule has 28 heavy (non-hydrogen) atoms. The van der Waals surface area contributed by atoms with Crippen LogP contribution in [0.25, 0.3) is 0 Å². The van der Waals surface area contributed by atoms with Crippen molar-refractivity contribution in [2.45, 2.75) is 31.2 Å².